The van der Waals surface area contributed by atoms with Gasteiger partial charge in [0.2, 0.25) is 0 Å². The molecule has 0 aromatic heterocycles. The van der Waals surface area contributed by atoms with Gasteiger partial charge in [0.05, 0.1) is 0 Å². The van der Waals surface area contributed by atoms with Gasteiger partial charge >= 0.3 is 6.03 Å². The second-order valence-corrected chi connectivity index (χ2v) is 8.01. The average molecular weight is 387 g/mol. The molecule has 2 aliphatic rings. The van der Waals surface area contributed by atoms with Crippen molar-refractivity contribution in [2.45, 2.75) is 64.3 Å². The maximum Gasteiger partial charge on any atom is 0.344 e. The Balaban J connectivity index is 1.60. The SMILES string of the molecule is CCC(C)c1ccccc1OCC(=O)NN1C(=O)NC2(CCC(C)CC2)C1=O. The molecule has 1 aliphatic heterocycles. The number of urea groups is 1. The molecule has 1 saturated carbocycles. The number of nitrogens with zero attached hydrogens (tertiary/aromatic N) is 1. The molecule has 1 aromatic rings. The van der Waals surface area contributed by atoms with Gasteiger partial charge in [-0.1, -0.05) is 39.0 Å². The van der Waals surface area contributed by atoms with E-state index in [1.54, 1.807) is 0 Å². The molecule has 28 heavy (non-hydrogen) atoms. The Morgan fingerprint density at radius 1 is 1.32 bits per heavy atom. The van der Waals surface area contributed by atoms with Gasteiger partial charge in [0, 0.05) is 0 Å². The fraction of sp³-hybridized carbons (Fsp3) is 0.571. The van der Waals surface area contributed by atoms with Crippen LogP contribution in [0, 0.1) is 5.92 Å². The highest BCUT2D eigenvalue weighted by atomic mass is 16.5. The molecule has 152 valence electrons. The average Bonchev–Trinajstić information content (AvgIpc) is 2.92. The van der Waals surface area contributed by atoms with E-state index < -0.39 is 17.5 Å². The lowest BCUT2D eigenvalue weighted by atomic mass is 9.77. The minimum Gasteiger partial charge on any atom is -0.483 e. The van der Waals surface area contributed by atoms with Crippen molar-refractivity contribution in [1.82, 2.24) is 15.8 Å². The predicted molar refractivity (Wildman–Crippen MR) is 105 cm³/mol. The van der Waals surface area contributed by atoms with Gasteiger partial charge in [0.15, 0.2) is 6.61 Å². The minimum absolute atomic E-state index is 0.269. The number of carbonyl (C=O) groups is 3. The van der Waals surface area contributed by atoms with E-state index in [-0.39, 0.29) is 12.5 Å². The summed E-state index contributed by atoms with van der Waals surface area (Å²) in [5, 5.41) is 3.59. The van der Waals surface area contributed by atoms with Crippen molar-refractivity contribution < 1.29 is 19.1 Å². The van der Waals surface area contributed by atoms with E-state index in [1.807, 2.05) is 24.3 Å². The van der Waals surface area contributed by atoms with Gasteiger partial charge in [-0.15, -0.1) is 0 Å². The highest BCUT2D eigenvalue weighted by Crippen LogP contribution is 2.35. The Hall–Kier alpha value is -2.57. The molecular weight excluding hydrogens is 358 g/mol. The summed E-state index contributed by atoms with van der Waals surface area (Å²) in [7, 11) is 0. The third-order valence-corrected chi connectivity index (χ3v) is 5.95. The predicted octanol–water partition coefficient (Wildman–Crippen LogP) is 3.11. The van der Waals surface area contributed by atoms with Crippen molar-refractivity contribution in [2.24, 2.45) is 5.92 Å². The Labute approximate surface area is 165 Å². The summed E-state index contributed by atoms with van der Waals surface area (Å²) in [5.41, 5.74) is 2.56. The summed E-state index contributed by atoms with van der Waals surface area (Å²) >= 11 is 0. The Morgan fingerprint density at radius 2 is 2.00 bits per heavy atom. The molecule has 7 heteroatoms. The fourth-order valence-corrected chi connectivity index (χ4v) is 3.85. The van der Waals surface area contributed by atoms with Crippen LogP contribution < -0.4 is 15.5 Å². The number of hydrogen-bond acceptors (Lipinski definition) is 4. The van der Waals surface area contributed by atoms with Crippen LogP contribution in [0.1, 0.15) is 64.4 Å². The zero-order chi connectivity index (χ0) is 20.3. The summed E-state index contributed by atoms with van der Waals surface area (Å²) in [6.45, 7) is 6.06. The van der Waals surface area contributed by atoms with Crippen molar-refractivity contribution in [1.29, 1.82) is 0 Å². The van der Waals surface area contributed by atoms with Crippen molar-refractivity contribution >= 4 is 17.8 Å². The molecule has 0 bridgehead atoms. The number of carbonyl (C=O) groups excluding carboxylic acids is 3. The standard InChI is InChI=1S/C21H29N3O4/c1-4-15(3)16-7-5-6-8-17(16)28-13-18(25)23-24-19(26)21(22-20(24)27)11-9-14(2)10-12-21/h5-8,14-15H,4,9-13H2,1-3H3,(H,22,27)(H,23,25). The first-order valence-electron chi connectivity index (χ1n) is 10.0. The monoisotopic (exact) mass is 387 g/mol. The van der Waals surface area contributed by atoms with Gasteiger partial charge in [-0.2, -0.15) is 5.01 Å². The molecule has 1 spiro atoms. The van der Waals surface area contributed by atoms with E-state index in [9.17, 15) is 14.4 Å². The van der Waals surface area contributed by atoms with Crippen molar-refractivity contribution in [2.75, 3.05) is 6.61 Å². The van der Waals surface area contributed by atoms with Crippen LogP contribution in [-0.4, -0.2) is 35.0 Å². The summed E-state index contributed by atoms with van der Waals surface area (Å²) < 4.78 is 5.67. The number of hydrazine groups is 1. The fourth-order valence-electron chi connectivity index (χ4n) is 3.85. The number of benzene rings is 1. The van der Waals surface area contributed by atoms with Gasteiger partial charge in [0.25, 0.3) is 11.8 Å². The minimum atomic E-state index is -0.874. The van der Waals surface area contributed by atoms with Gasteiger partial charge in [-0.05, 0) is 55.6 Å². The van der Waals surface area contributed by atoms with Crippen molar-refractivity contribution in [3.8, 4) is 5.75 Å². The molecule has 2 fully saturated rings. The molecule has 0 radical (unpaired) electrons. The second kappa shape index (κ2) is 8.20. The summed E-state index contributed by atoms with van der Waals surface area (Å²) in [4.78, 5) is 37.4. The molecule has 1 unspecified atom stereocenters. The molecule has 1 aliphatic carbocycles. The van der Waals surface area contributed by atoms with E-state index >= 15 is 0 Å². The zero-order valence-corrected chi connectivity index (χ0v) is 16.8. The molecule has 2 N–H and O–H groups in total. The highest BCUT2D eigenvalue weighted by molar-refractivity contribution is 6.08. The maximum atomic E-state index is 12.8. The molecule has 1 heterocycles. The van der Waals surface area contributed by atoms with E-state index in [0.29, 0.717) is 30.4 Å². The topological polar surface area (TPSA) is 87.7 Å². The van der Waals surface area contributed by atoms with Gasteiger partial charge in [-0.25, -0.2) is 4.79 Å². The van der Waals surface area contributed by atoms with Crippen LogP contribution >= 0.6 is 0 Å². The normalized spacial score (nSPS) is 25.5. The van der Waals surface area contributed by atoms with E-state index in [0.717, 1.165) is 29.8 Å². The summed E-state index contributed by atoms with van der Waals surface area (Å²) in [6.07, 6.45) is 3.91. The molecule has 3 rings (SSSR count). The van der Waals surface area contributed by atoms with E-state index in [1.165, 1.54) is 0 Å². The maximum absolute atomic E-state index is 12.8. The van der Waals surface area contributed by atoms with Crippen LogP contribution in [0.3, 0.4) is 0 Å². The lowest BCUT2D eigenvalue weighted by Gasteiger charge is -2.33. The van der Waals surface area contributed by atoms with Gasteiger partial charge in [0.1, 0.15) is 11.3 Å². The summed E-state index contributed by atoms with van der Waals surface area (Å²) in [5.74, 6) is 0.570. The Kier molecular flexibility index (Phi) is 5.91. The van der Waals surface area contributed by atoms with E-state index in [4.69, 9.17) is 4.74 Å². The first kappa shape index (κ1) is 20.2. The smallest absolute Gasteiger partial charge is 0.344 e. The van der Waals surface area contributed by atoms with Crippen molar-refractivity contribution in [3.63, 3.8) is 0 Å². The molecule has 1 saturated heterocycles. The van der Waals surface area contributed by atoms with Crippen LogP contribution in [0.2, 0.25) is 0 Å². The number of rotatable bonds is 6. The van der Waals surface area contributed by atoms with Crippen molar-refractivity contribution in [3.05, 3.63) is 29.8 Å². The van der Waals surface area contributed by atoms with Gasteiger partial charge < -0.3 is 10.1 Å². The quantitative estimate of drug-likeness (QED) is 0.734. The third kappa shape index (κ3) is 3.98. The van der Waals surface area contributed by atoms with Crippen LogP contribution in [0.25, 0.3) is 0 Å². The van der Waals surface area contributed by atoms with Crippen LogP contribution in [-0.2, 0) is 9.59 Å². The molecule has 1 atom stereocenters. The lowest BCUT2D eigenvalue weighted by Crippen LogP contribution is -2.52. The Morgan fingerprint density at radius 3 is 2.68 bits per heavy atom. The number of imide groups is 1. The second-order valence-electron chi connectivity index (χ2n) is 8.01. The lowest BCUT2D eigenvalue weighted by molar-refractivity contribution is -0.140. The van der Waals surface area contributed by atoms with Crippen LogP contribution in [0.5, 0.6) is 5.75 Å². The third-order valence-electron chi connectivity index (χ3n) is 5.95. The Bertz CT molecular complexity index is 756. The zero-order valence-electron chi connectivity index (χ0n) is 16.8. The first-order chi connectivity index (χ1) is 13.4. The van der Waals surface area contributed by atoms with Crippen LogP contribution in [0.15, 0.2) is 24.3 Å². The number of amides is 4. The number of para-hydroxylation sites is 1. The number of nitrogens with one attached hydrogen (secondary N) is 2. The molecule has 1 aromatic carbocycles. The largest absolute Gasteiger partial charge is 0.483 e. The number of hydrogen-bond donors (Lipinski definition) is 2. The van der Waals surface area contributed by atoms with Gasteiger partial charge in [-0.3, -0.25) is 15.0 Å². The molecule has 7 nitrogen and oxygen atoms in total. The van der Waals surface area contributed by atoms with E-state index in [2.05, 4.69) is 31.5 Å². The molecular formula is C21H29N3O4. The summed E-state index contributed by atoms with van der Waals surface area (Å²) in [6, 6.07) is 7.01. The first-order valence-corrected chi connectivity index (χ1v) is 10.0. The number of ether oxygens (including phenoxy) is 1. The molecule has 4 amide bonds. The highest BCUT2D eigenvalue weighted by Gasteiger charge is 2.52. The van der Waals surface area contributed by atoms with Crippen LogP contribution in [0.4, 0.5) is 4.79 Å².